The summed E-state index contributed by atoms with van der Waals surface area (Å²) < 4.78 is 2.36. The van der Waals surface area contributed by atoms with Gasteiger partial charge in [0.2, 0.25) is 0 Å². The lowest BCUT2D eigenvalue weighted by Crippen LogP contribution is -2.28. The minimum atomic E-state index is 0.349. The van der Waals surface area contributed by atoms with Crippen LogP contribution in [0.2, 0.25) is 0 Å². The molecule has 1 saturated heterocycles. The van der Waals surface area contributed by atoms with Crippen molar-refractivity contribution in [2.75, 3.05) is 23.3 Å². The van der Waals surface area contributed by atoms with Crippen LogP contribution in [0.4, 0.5) is 11.5 Å². The Morgan fingerprint density at radius 1 is 1.56 bits per heavy atom. The summed E-state index contributed by atoms with van der Waals surface area (Å²) in [7, 11) is 0. The maximum atomic E-state index is 6.11. The van der Waals surface area contributed by atoms with Crippen molar-refractivity contribution < 1.29 is 0 Å². The third kappa shape index (κ3) is 2.76. The molecule has 1 fully saturated rings. The standard InChI is InChI=1S/C13H24N4S/c1-4-7-17-12(11(14)10(2)16-17)15-9-13(3)6-5-8-18-13/h15H,4-9,14H2,1-3H3. The lowest BCUT2D eigenvalue weighted by Gasteiger charge is -2.24. The molecule has 2 heterocycles. The van der Waals surface area contributed by atoms with Gasteiger partial charge in [-0.25, -0.2) is 4.68 Å². The van der Waals surface area contributed by atoms with Crippen molar-refractivity contribution in [2.24, 2.45) is 0 Å². The third-order valence-corrected chi connectivity index (χ3v) is 5.08. The molecule has 0 aliphatic carbocycles. The van der Waals surface area contributed by atoms with E-state index in [1.54, 1.807) is 0 Å². The van der Waals surface area contributed by atoms with E-state index in [1.807, 2.05) is 11.6 Å². The average Bonchev–Trinajstić information content (AvgIpc) is 2.85. The van der Waals surface area contributed by atoms with E-state index < -0.39 is 0 Å². The maximum absolute atomic E-state index is 6.11. The topological polar surface area (TPSA) is 55.9 Å². The molecule has 1 aliphatic rings. The summed E-state index contributed by atoms with van der Waals surface area (Å²) in [6.45, 7) is 8.35. The zero-order valence-electron chi connectivity index (χ0n) is 11.6. The second-order valence-electron chi connectivity index (χ2n) is 5.33. The molecule has 0 radical (unpaired) electrons. The molecule has 102 valence electrons. The average molecular weight is 268 g/mol. The molecular formula is C13H24N4S. The van der Waals surface area contributed by atoms with Crippen molar-refractivity contribution in [1.29, 1.82) is 0 Å². The molecule has 1 aromatic rings. The largest absolute Gasteiger partial charge is 0.394 e. The molecule has 1 unspecified atom stereocenters. The lowest BCUT2D eigenvalue weighted by atomic mass is 10.1. The first-order valence-corrected chi connectivity index (χ1v) is 7.75. The Labute approximate surface area is 114 Å². The summed E-state index contributed by atoms with van der Waals surface area (Å²) in [4.78, 5) is 0. The minimum Gasteiger partial charge on any atom is -0.394 e. The molecular weight excluding hydrogens is 244 g/mol. The molecule has 0 saturated carbocycles. The number of hydrogen-bond acceptors (Lipinski definition) is 4. The second-order valence-corrected chi connectivity index (χ2v) is 7.01. The predicted octanol–water partition coefficient (Wildman–Crippen LogP) is 2.88. The van der Waals surface area contributed by atoms with Gasteiger partial charge in [0.25, 0.3) is 0 Å². The Bertz CT molecular complexity index is 407. The minimum absolute atomic E-state index is 0.349. The summed E-state index contributed by atoms with van der Waals surface area (Å²) in [5, 5.41) is 8.01. The zero-order valence-corrected chi connectivity index (χ0v) is 12.4. The highest BCUT2D eigenvalue weighted by Gasteiger charge is 2.29. The third-order valence-electron chi connectivity index (χ3n) is 3.54. The summed E-state index contributed by atoms with van der Waals surface area (Å²) in [5.74, 6) is 2.28. The first kappa shape index (κ1) is 13.6. The van der Waals surface area contributed by atoms with Crippen molar-refractivity contribution in [2.45, 2.75) is 51.3 Å². The number of anilines is 2. The number of rotatable bonds is 5. The van der Waals surface area contributed by atoms with E-state index in [1.165, 1.54) is 18.6 Å². The number of nitrogens with one attached hydrogen (secondary N) is 1. The molecule has 0 amide bonds. The van der Waals surface area contributed by atoms with Gasteiger partial charge in [0.1, 0.15) is 5.82 Å². The van der Waals surface area contributed by atoms with Crippen LogP contribution in [-0.4, -0.2) is 26.8 Å². The van der Waals surface area contributed by atoms with Gasteiger partial charge in [0.15, 0.2) is 0 Å². The molecule has 3 N–H and O–H groups in total. The Hall–Kier alpha value is -0.840. The highest BCUT2D eigenvalue weighted by Crippen LogP contribution is 2.38. The number of nitrogens with two attached hydrogens (primary N) is 1. The smallest absolute Gasteiger partial charge is 0.148 e. The molecule has 0 aromatic carbocycles. The SMILES string of the molecule is CCCn1nc(C)c(N)c1NCC1(C)CCCS1. The molecule has 5 heteroatoms. The van der Waals surface area contributed by atoms with Crippen molar-refractivity contribution in [3.8, 4) is 0 Å². The van der Waals surface area contributed by atoms with Crippen LogP contribution in [0.25, 0.3) is 0 Å². The summed E-state index contributed by atoms with van der Waals surface area (Å²) in [5.41, 5.74) is 7.84. The summed E-state index contributed by atoms with van der Waals surface area (Å²) in [6, 6.07) is 0. The Morgan fingerprint density at radius 2 is 2.33 bits per heavy atom. The van der Waals surface area contributed by atoms with Gasteiger partial charge >= 0.3 is 0 Å². The van der Waals surface area contributed by atoms with Crippen LogP contribution >= 0.6 is 11.8 Å². The lowest BCUT2D eigenvalue weighted by molar-refractivity contribution is 0.591. The van der Waals surface area contributed by atoms with Gasteiger partial charge in [-0.05, 0) is 38.9 Å². The van der Waals surface area contributed by atoms with Crippen LogP contribution in [0.15, 0.2) is 0 Å². The van der Waals surface area contributed by atoms with Crippen molar-refractivity contribution in [1.82, 2.24) is 9.78 Å². The molecule has 1 aliphatic heterocycles. The number of nitrogen functional groups attached to an aromatic ring is 1. The van der Waals surface area contributed by atoms with E-state index in [9.17, 15) is 0 Å². The van der Waals surface area contributed by atoms with Crippen molar-refractivity contribution >= 4 is 23.3 Å². The summed E-state index contributed by atoms with van der Waals surface area (Å²) in [6.07, 6.45) is 3.68. The van der Waals surface area contributed by atoms with Crippen LogP contribution in [0.1, 0.15) is 38.8 Å². The van der Waals surface area contributed by atoms with Gasteiger partial charge in [0, 0.05) is 17.8 Å². The normalized spacial score (nSPS) is 23.5. The van der Waals surface area contributed by atoms with Crippen molar-refractivity contribution in [3.05, 3.63) is 5.69 Å². The quantitative estimate of drug-likeness (QED) is 0.862. The molecule has 2 rings (SSSR count). The summed E-state index contributed by atoms with van der Waals surface area (Å²) >= 11 is 2.06. The number of thioether (sulfide) groups is 1. The van der Waals surface area contributed by atoms with Gasteiger partial charge in [-0.3, -0.25) is 0 Å². The van der Waals surface area contributed by atoms with Crippen LogP contribution < -0.4 is 11.1 Å². The number of hydrogen-bond donors (Lipinski definition) is 2. The van der Waals surface area contributed by atoms with Crippen LogP contribution in [0, 0.1) is 6.92 Å². The molecule has 0 bridgehead atoms. The molecule has 4 nitrogen and oxygen atoms in total. The van der Waals surface area contributed by atoms with Gasteiger partial charge in [-0.15, -0.1) is 0 Å². The molecule has 1 atom stereocenters. The number of aromatic nitrogens is 2. The molecule has 0 spiro atoms. The maximum Gasteiger partial charge on any atom is 0.148 e. The molecule has 18 heavy (non-hydrogen) atoms. The zero-order chi connectivity index (χ0) is 13.2. The molecule has 1 aromatic heterocycles. The van der Waals surface area contributed by atoms with Gasteiger partial charge in [-0.2, -0.15) is 16.9 Å². The highest BCUT2D eigenvalue weighted by molar-refractivity contribution is 8.00. The van der Waals surface area contributed by atoms with Crippen LogP contribution in [0.3, 0.4) is 0 Å². The fourth-order valence-corrected chi connectivity index (χ4v) is 3.65. The van der Waals surface area contributed by atoms with Gasteiger partial charge < -0.3 is 11.1 Å². The number of aryl methyl sites for hydroxylation is 2. The monoisotopic (exact) mass is 268 g/mol. The van der Waals surface area contributed by atoms with E-state index in [2.05, 4.69) is 36.0 Å². The van der Waals surface area contributed by atoms with Crippen molar-refractivity contribution in [3.63, 3.8) is 0 Å². The predicted molar refractivity (Wildman–Crippen MR) is 80.3 cm³/mol. The number of nitrogens with zero attached hydrogens (tertiary/aromatic N) is 2. The Kier molecular flexibility index (Phi) is 4.10. The fraction of sp³-hybridized carbons (Fsp3) is 0.769. The van der Waals surface area contributed by atoms with E-state index in [0.717, 1.165) is 36.7 Å². The Morgan fingerprint density at radius 3 is 2.94 bits per heavy atom. The highest BCUT2D eigenvalue weighted by atomic mass is 32.2. The van der Waals surface area contributed by atoms with E-state index >= 15 is 0 Å². The van der Waals surface area contributed by atoms with Gasteiger partial charge in [0.05, 0.1) is 11.4 Å². The fourth-order valence-electron chi connectivity index (χ4n) is 2.40. The second kappa shape index (κ2) is 5.43. The van der Waals surface area contributed by atoms with E-state index in [0.29, 0.717) is 4.75 Å². The van der Waals surface area contributed by atoms with Gasteiger partial charge in [-0.1, -0.05) is 6.92 Å². The van der Waals surface area contributed by atoms with E-state index in [-0.39, 0.29) is 0 Å². The first-order chi connectivity index (χ1) is 8.56. The van der Waals surface area contributed by atoms with Crippen LogP contribution in [0.5, 0.6) is 0 Å². The first-order valence-electron chi connectivity index (χ1n) is 6.76. The van der Waals surface area contributed by atoms with Crippen LogP contribution in [-0.2, 0) is 6.54 Å². The van der Waals surface area contributed by atoms with E-state index in [4.69, 9.17) is 5.73 Å². The Balaban J connectivity index is 2.08.